The van der Waals surface area contributed by atoms with E-state index in [0.717, 1.165) is 42.9 Å². The summed E-state index contributed by atoms with van der Waals surface area (Å²) in [5.74, 6) is -0.368. The van der Waals surface area contributed by atoms with Crippen LogP contribution in [0, 0.1) is 0 Å². The molecule has 3 aromatic rings. The van der Waals surface area contributed by atoms with E-state index in [0.29, 0.717) is 23.8 Å². The summed E-state index contributed by atoms with van der Waals surface area (Å²) in [6.07, 6.45) is 3.94. The lowest BCUT2D eigenvalue weighted by molar-refractivity contribution is 0.0525. The number of carbonyl (C=O) groups is 1. The summed E-state index contributed by atoms with van der Waals surface area (Å²) in [5, 5.41) is 10.6. The van der Waals surface area contributed by atoms with Crippen LogP contribution in [-0.2, 0) is 16.0 Å². The van der Waals surface area contributed by atoms with Crippen molar-refractivity contribution in [2.24, 2.45) is 0 Å². The van der Waals surface area contributed by atoms with Gasteiger partial charge in [0.15, 0.2) is 0 Å². The highest BCUT2D eigenvalue weighted by Gasteiger charge is 2.22. The van der Waals surface area contributed by atoms with Gasteiger partial charge in [-0.2, -0.15) is 5.10 Å². The van der Waals surface area contributed by atoms with Gasteiger partial charge in [-0.05, 0) is 19.8 Å². The molecule has 0 radical (unpaired) electrons. The van der Waals surface area contributed by atoms with E-state index in [1.54, 1.807) is 17.8 Å². The number of nitrogens with one attached hydrogen (secondary N) is 1. The van der Waals surface area contributed by atoms with Gasteiger partial charge in [-0.1, -0.05) is 30.3 Å². The van der Waals surface area contributed by atoms with E-state index >= 15 is 0 Å². The second-order valence-electron chi connectivity index (χ2n) is 6.78. The van der Waals surface area contributed by atoms with Crippen LogP contribution in [0.25, 0.3) is 16.4 Å². The van der Waals surface area contributed by atoms with Crippen LogP contribution >= 0.6 is 11.3 Å². The summed E-state index contributed by atoms with van der Waals surface area (Å²) in [6.45, 7) is 4.15. The van der Waals surface area contributed by atoms with Gasteiger partial charge in [-0.3, -0.25) is 0 Å². The lowest BCUT2D eigenvalue weighted by Gasteiger charge is -2.12. The van der Waals surface area contributed by atoms with Crippen molar-refractivity contribution in [3.8, 4) is 16.4 Å². The molecule has 0 unspecified atom stereocenters. The Morgan fingerprint density at radius 2 is 2.24 bits per heavy atom. The van der Waals surface area contributed by atoms with Gasteiger partial charge in [-0.25, -0.2) is 14.5 Å². The van der Waals surface area contributed by atoms with Crippen molar-refractivity contribution in [3.05, 3.63) is 53.2 Å². The van der Waals surface area contributed by atoms with E-state index in [4.69, 9.17) is 14.5 Å². The number of ether oxygens (including phenoxy) is 2. The van der Waals surface area contributed by atoms with Gasteiger partial charge in [0, 0.05) is 30.6 Å². The first kappa shape index (κ1) is 19.8. The predicted molar refractivity (Wildman–Crippen MR) is 111 cm³/mol. The number of esters is 1. The van der Waals surface area contributed by atoms with E-state index in [9.17, 15) is 4.79 Å². The van der Waals surface area contributed by atoms with Crippen molar-refractivity contribution in [2.75, 3.05) is 19.8 Å². The van der Waals surface area contributed by atoms with E-state index in [2.05, 4.69) is 10.4 Å². The minimum absolute atomic E-state index is 0.224. The van der Waals surface area contributed by atoms with E-state index in [-0.39, 0.29) is 12.1 Å². The van der Waals surface area contributed by atoms with Crippen LogP contribution in [0.5, 0.6) is 0 Å². The van der Waals surface area contributed by atoms with Gasteiger partial charge in [0.25, 0.3) is 0 Å². The molecule has 0 amide bonds. The van der Waals surface area contributed by atoms with Crippen molar-refractivity contribution < 1.29 is 14.3 Å². The van der Waals surface area contributed by atoms with E-state index in [1.807, 2.05) is 35.7 Å². The van der Waals surface area contributed by atoms with Crippen LogP contribution in [0.3, 0.4) is 0 Å². The zero-order valence-corrected chi connectivity index (χ0v) is 17.2. The molecule has 0 bridgehead atoms. The fraction of sp³-hybridized carbons (Fsp3) is 0.381. The first-order valence-electron chi connectivity index (χ1n) is 9.84. The SMILES string of the molecule is CCOC(=O)c1cnn(-c2nc(-c3ccccc3)cs2)c1CNC[C@@H]1CCCO1. The third-order valence-corrected chi connectivity index (χ3v) is 5.61. The summed E-state index contributed by atoms with van der Waals surface area (Å²) in [5.41, 5.74) is 3.14. The van der Waals surface area contributed by atoms with Crippen LogP contribution in [0.2, 0.25) is 0 Å². The normalized spacial score (nSPS) is 16.2. The fourth-order valence-electron chi connectivity index (χ4n) is 3.35. The van der Waals surface area contributed by atoms with Crippen molar-refractivity contribution in [1.29, 1.82) is 0 Å². The minimum atomic E-state index is -0.368. The van der Waals surface area contributed by atoms with Crippen LogP contribution in [0.4, 0.5) is 0 Å². The topological polar surface area (TPSA) is 78.3 Å². The Bertz CT molecular complexity index is 948. The molecule has 1 fully saturated rings. The third-order valence-electron chi connectivity index (χ3n) is 4.80. The van der Waals surface area contributed by atoms with Crippen LogP contribution < -0.4 is 5.32 Å². The first-order chi connectivity index (χ1) is 14.3. The Balaban J connectivity index is 1.58. The average Bonchev–Trinajstić information content (AvgIpc) is 3.49. The summed E-state index contributed by atoms with van der Waals surface area (Å²) in [6, 6.07) is 10.0. The van der Waals surface area contributed by atoms with Gasteiger partial charge < -0.3 is 14.8 Å². The maximum atomic E-state index is 12.4. The Labute approximate surface area is 173 Å². The molecule has 1 N–H and O–H groups in total. The largest absolute Gasteiger partial charge is 0.462 e. The van der Waals surface area contributed by atoms with Crippen molar-refractivity contribution in [3.63, 3.8) is 0 Å². The Kier molecular flexibility index (Phi) is 6.33. The molecule has 1 aliphatic heterocycles. The zero-order valence-electron chi connectivity index (χ0n) is 16.3. The molecule has 1 atom stereocenters. The summed E-state index contributed by atoms with van der Waals surface area (Å²) >= 11 is 1.49. The number of rotatable bonds is 8. The molecular formula is C21H24N4O3S. The number of thiazole rings is 1. The maximum Gasteiger partial charge on any atom is 0.341 e. The quantitative estimate of drug-likeness (QED) is 0.571. The fourth-order valence-corrected chi connectivity index (χ4v) is 4.16. The first-order valence-corrected chi connectivity index (χ1v) is 10.7. The van der Waals surface area contributed by atoms with Crippen molar-refractivity contribution in [1.82, 2.24) is 20.1 Å². The number of hydrogen-bond acceptors (Lipinski definition) is 7. The van der Waals surface area contributed by atoms with E-state index in [1.165, 1.54) is 11.3 Å². The number of nitrogens with zero attached hydrogens (tertiary/aromatic N) is 3. The Morgan fingerprint density at radius 3 is 3.00 bits per heavy atom. The molecule has 29 heavy (non-hydrogen) atoms. The Morgan fingerprint density at radius 1 is 1.38 bits per heavy atom. The van der Waals surface area contributed by atoms with Crippen LogP contribution in [0.15, 0.2) is 41.9 Å². The highest BCUT2D eigenvalue weighted by Crippen LogP contribution is 2.25. The van der Waals surface area contributed by atoms with Gasteiger partial charge in [0.05, 0.1) is 30.3 Å². The number of carbonyl (C=O) groups excluding carboxylic acids is 1. The summed E-state index contributed by atoms with van der Waals surface area (Å²) in [7, 11) is 0. The van der Waals surface area contributed by atoms with E-state index < -0.39 is 0 Å². The third kappa shape index (κ3) is 4.55. The van der Waals surface area contributed by atoms with Crippen LogP contribution in [0.1, 0.15) is 35.8 Å². The smallest absolute Gasteiger partial charge is 0.341 e. The number of aromatic nitrogens is 3. The highest BCUT2D eigenvalue weighted by atomic mass is 32.1. The maximum absolute atomic E-state index is 12.4. The molecule has 3 heterocycles. The predicted octanol–water partition coefficient (Wildman–Crippen LogP) is 3.44. The molecule has 1 saturated heterocycles. The molecule has 1 aromatic carbocycles. The van der Waals surface area contributed by atoms with Gasteiger partial charge >= 0.3 is 5.97 Å². The monoisotopic (exact) mass is 412 g/mol. The molecule has 152 valence electrons. The number of benzene rings is 1. The highest BCUT2D eigenvalue weighted by molar-refractivity contribution is 7.12. The lowest BCUT2D eigenvalue weighted by atomic mass is 10.2. The van der Waals surface area contributed by atoms with Crippen molar-refractivity contribution >= 4 is 17.3 Å². The second kappa shape index (κ2) is 9.30. The summed E-state index contributed by atoms with van der Waals surface area (Å²) < 4.78 is 12.6. The molecule has 0 spiro atoms. The minimum Gasteiger partial charge on any atom is -0.462 e. The molecular weight excluding hydrogens is 388 g/mol. The zero-order chi connectivity index (χ0) is 20.1. The van der Waals surface area contributed by atoms with Gasteiger partial charge in [0.2, 0.25) is 5.13 Å². The van der Waals surface area contributed by atoms with Gasteiger partial charge in [0.1, 0.15) is 5.56 Å². The summed E-state index contributed by atoms with van der Waals surface area (Å²) in [4.78, 5) is 17.1. The molecule has 2 aromatic heterocycles. The van der Waals surface area contributed by atoms with Crippen molar-refractivity contribution in [2.45, 2.75) is 32.4 Å². The lowest BCUT2D eigenvalue weighted by Crippen LogP contribution is -2.27. The molecule has 0 aliphatic carbocycles. The van der Waals surface area contributed by atoms with Crippen LogP contribution in [-0.4, -0.2) is 46.6 Å². The molecule has 1 aliphatic rings. The molecule has 8 heteroatoms. The second-order valence-corrected chi connectivity index (χ2v) is 7.62. The Hall–Kier alpha value is -2.55. The molecule has 4 rings (SSSR count). The van der Waals surface area contributed by atoms with Gasteiger partial charge in [-0.15, -0.1) is 11.3 Å². The number of hydrogen-bond donors (Lipinski definition) is 1. The standard InChI is InChI=1S/C21H24N4O3S/c1-2-27-20(26)17-12-23-25(19(17)13-22-11-16-9-6-10-28-16)21-24-18(14-29-21)15-7-4-3-5-8-15/h3-5,7-8,12,14,16,22H,2,6,9-11,13H2,1H3/t16-/m0/s1. The molecule has 7 nitrogen and oxygen atoms in total. The average molecular weight is 413 g/mol. The molecule has 0 saturated carbocycles.